The second-order valence-corrected chi connectivity index (χ2v) is 7.60. The number of nitrogens with one attached hydrogen (secondary N) is 2. The van der Waals surface area contributed by atoms with Crippen LogP contribution in [-0.2, 0) is 4.74 Å². The molecular weight excluding hydrogens is 399 g/mol. The van der Waals surface area contributed by atoms with Crippen molar-refractivity contribution in [2.45, 2.75) is 25.4 Å². The van der Waals surface area contributed by atoms with E-state index in [-0.39, 0.29) is 23.5 Å². The van der Waals surface area contributed by atoms with Gasteiger partial charge < -0.3 is 19.9 Å². The molecule has 162 valence electrons. The minimum Gasteiger partial charge on any atom is -0.378 e. The molecule has 0 spiro atoms. The number of piperidine rings is 1. The molecule has 1 fully saturated rings. The van der Waals surface area contributed by atoms with Gasteiger partial charge in [0, 0.05) is 49.5 Å². The van der Waals surface area contributed by atoms with Crippen LogP contribution >= 0.6 is 0 Å². The number of amides is 2. The maximum absolute atomic E-state index is 13.8. The van der Waals surface area contributed by atoms with E-state index in [9.17, 15) is 14.0 Å². The first-order valence-electron chi connectivity index (χ1n) is 10.5. The molecule has 0 radical (unpaired) electrons. The number of H-pyrrole nitrogens is 1. The molecule has 2 N–H and O–H groups in total. The molecule has 4 rings (SSSR count). The Bertz CT molecular complexity index is 1030. The SMILES string of the molecule is O=C(NCCCOC1CCN(C(=O)c2ccccc2F)CC1)c1cc2cnccc2[nH]1. The maximum Gasteiger partial charge on any atom is 0.267 e. The van der Waals surface area contributed by atoms with E-state index in [4.69, 9.17) is 4.74 Å². The van der Waals surface area contributed by atoms with Gasteiger partial charge in [-0.05, 0) is 43.5 Å². The van der Waals surface area contributed by atoms with E-state index in [1.54, 1.807) is 35.5 Å². The molecule has 3 aromatic rings. The van der Waals surface area contributed by atoms with Crippen LogP contribution in [0.4, 0.5) is 4.39 Å². The second-order valence-electron chi connectivity index (χ2n) is 7.60. The Balaban J connectivity index is 1.14. The molecule has 1 aliphatic rings. The number of nitrogens with zero attached hydrogens (tertiary/aromatic N) is 2. The number of aromatic nitrogens is 2. The van der Waals surface area contributed by atoms with Crippen LogP contribution in [0.1, 0.15) is 40.1 Å². The van der Waals surface area contributed by atoms with E-state index in [0.29, 0.717) is 38.4 Å². The van der Waals surface area contributed by atoms with Crippen molar-refractivity contribution in [3.05, 3.63) is 65.9 Å². The molecule has 2 aromatic heterocycles. The van der Waals surface area contributed by atoms with Crippen molar-refractivity contribution in [2.24, 2.45) is 0 Å². The van der Waals surface area contributed by atoms with Gasteiger partial charge in [0.1, 0.15) is 11.5 Å². The molecule has 0 unspecified atom stereocenters. The molecule has 3 heterocycles. The molecule has 31 heavy (non-hydrogen) atoms. The Hall–Kier alpha value is -3.26. The lowest BCUT2D eigenvalue weighted by Gasteiger charge is -2.32. The highest BCUT2D eigenvalue weighted by Crippen LogP contribution is 2.18. The van der Waals surface area contributed by atoms with Gasteiger partial charge in [-0.3, -0.25) is 14.6 Å². The van der Waals surface area contributed by atoms with Gasteiger partial charge in [-0.25, -0.2) is 4.39 Å². The molecule has 0 atom stereocenters. The lowest BCUT2D eigenvalue weighted by molar-refractivity contribution is 0.00791. The average molecular weight is 424 g/mol. The Morgan fingerprint density at radius 3 is 2.81 bits per heavy atom. The predicted octanol–water partition coefficient (Wildman–Crippen LogP) is 3.14. The van der Waals surface area contributed by atoms with Crippen molar-refractivity contribution < 1.29 is 18.7 Å². The minimum atomic E-state index is -0.489. The number of hydrogen-bond acceptors (Lipinski definition) is 4. The molecule has 0 bridgehead atoms. The first-order chi connectivity index (χ1) is 15.1. The van der Waals surface area contributed by atoms with E-state index < -0.39 is 5.82 Å². The quantitative estimate of drug-likeness (QED) is 0.571. The van der Waals surface area contributed by atoms with Crippen molar-refractivity contribution in [3.8, 4) is 0 Å². The molecule has 0 aliphatic carbocycles. The van der Waals surface area contributed by atoms with Gasteiger partial charge in [0.05, 0.1) is 11.7 Å². The van der Waals surface area contributed by atoms with Crippen molar-refractivity contribution in [2.75, 3.05) is 26.2 Å². The number of hydrogen-bond donors (Lipinski definition) is 2. The Morgan fingerprint density at radius 1 is 1.23 bits per heavy atom. The summed E-state index contributed by atoms with van der Waals surface area (Å²) in [5.74, 6) is -0.916. The number of halogens is 1. The third-order valence-electron chi connectivity index (χ3n) is 5.46. The van der Waals surface area contributed by atoms with Crippen LogP contribution in [0.3, 0.4) is 0 Å². The minimum absolute atomic E-state index is 0.0709. The van der Waals surface area contributed by atoms with Crippen LogP contribution in [-0.4, -0.2) is 59.0 Å². The summed E-state index contributed by atoms with van der Waals surface area (Å²) in [5, 5.41) is 3.78. The van der Waals surface area contributed by atoms with Gasteiger partial charge in [0.25, 0.3) is 11.8 Å². The zero-order valence-corrected chi connectivity index (χ0v) is 17.1. The Labute approximate surface area is 179 Å². The van der Waals surface area contributed by atoms with Crippen LogP contribution in [0.25, 0.3) is 10.9 Å². The second kappa shape index (κ2) is 9.70. The summed E-state index contributed by atoms with van der Waals surface area (Å²) in [4.78, 5) is 33.5. The Morgan fingerprint density at radius 2 is 2.03 bits per heavy atom. The van der Waals surface area contributed by atoms with E-state index in [1.165, 1.54) is 12.1 Å². The third-order valence-corrected chi connectivity index (χ3v) is 5.46. The summed E-state index contributed by atoms with van der Waals surface area (Å²) in [7, 11) is 0. The number of benzene rings is 1. The number of pyridine rings is 1. The highest BCUT2D eigenvalue weighted by atomic mass is 19.1. The molecule has 1 aromatic carbocycles. The summed E-state index contributed by atoms with van der Waals surface area (Å²) in [6.07, 6.45) is 5.60. The Kier molecular flexibility index (Phi) is 6.57. The number of ether oxygens (including phenoxy) is 1. The van der Waals surface area contributed by atoms with Crippen LogP contribution in [0.15, 0.2) is 48.8 Å². The van der Waals surface area contributed by atoms with Crippen molar-refractivity contribution >= 4 is 22.7 Å². The van der Waals surface area contributed by atoms with Gasteiger partial charge in [-0.15, -0.1) is 0 Å². The number of carbonyl (C=O) groups excluding carboxylic acids is 2. The number of likely N-dealkylation sites (tertiary alicyclic amines) is 1. The van der Waals surface area contributed by atoms with Gasteiger partial charge in [-0.2, -0.15) is 0 Å². The largest absolute Gasteiger partial charge is 0.378 e. The fourth-order valence-corrected chi connectivity index (χ4v) is 3.74. The lowest BCUT2D eigenvalue weighted by atomic mass is 10.1. The molecular formula is C23H25FN4O3. The van der Waals surface area contributed by atoms with Crippen LogP contribution in [0, 0.1) is 5.82 Å². The van der Waals surface area contributed by atoms with Crippen LogP contribution in [0.5, 0.6) is 0 Å². The number of fused-ring (bicyclic) bond motifs is 1. The first kappa shape index (κ1) is 21.0. The van der Waals surface area contributed by atoms with E-state index in [1.807, 2.05) is 6.07 Å². The van der Waals surface area contributed by atoms with Crippen molar-refractivity contribution in [1.82, 2.24) is 20.2 Å². The maximum atomic E-state index is 13.8. The highest BCUT2D eigenvalue weighted by molar-refractivity contribution is 5.97. The monoisotopic (exact) mass is 424 g/mol. The van der Waals surface area contributed by atoms with Gasteiger partial charge in [0.2, 0.25) is 0 Å². The third kappa shape index (κ3) is 5.08. The summed E-state index contributed by atoms with van der Waals surface area (Å²) in [6.45, 7) is 2.13. The molecule has 0 saturated carbocycles. The zero-order chi connectivity index (χ0) is 21.6. The van der Waals surface area contributed by atoms with Crippen molar-refractivity contribution in [1.29, 1.82) is 0 Å². The standard InChI is InChI=1S/C23H25FN4O3/c24-19-5-2-1-4-18(19)23(30)28-11-7-17(8-12-28)31-13-3-9-26-22(29)21-14-16-15-25-10-6-20(16)27-21/h1-2,4-6,10,14-15,17,27H,3,7-9,11-13H2,(H,26,29). The van der Waals surface area contributed by atoms with Gasteiger partial charge in [-0.1, -0.05) is 12.1 Å². The van der Waals surface area contributed by atoms with Crippen LogP contribution in [0.2, 0.25) is 0 Å². The summed E-state index contributed by atoms with van der Waals surface area (Å²) < 4.78 is 19.7. The molecule has 1 aliphatic heterocycles. The van der Waals surface area contributed by atoms with E-state index >= 15 is 0 Å². The zero-order valence-electron chi connectivity index (χ0n) is 17.1. The van der Waals surface area contributed by atoms with Gasteiger partial charge in [0.15, 0.2) is 0 Å². The summed E-state index contributed by atoms with van der Waals surface area (Å²) in [6, 6.07) is 9.67. The molecule has 1 saturated heterocycles. The molecule has 7 nitrogen and oxygen atoms in total. The smallest absolute Gasteiger partial charge is 0.267 e. The lowest BCUT2D eigenvalue weighted by Crippen LogP contribution is -2.41. The average Bonchev–Trinajstić information content (AvgIpc) is 3.23. The summed E-state index contributed by atoms with van der Waals surface area (Å²) >= 11 is 0. The van der Waals surface area contributed by atoms with Gasteiger partial charge >= 0.3 is 0 Å². The highest BCUT2D eigenvalue weighted by Gasteiger charge is 2.25. The fraction of sp³-hybridized carbons (Fsp3) is 0.348. The number of rotatable bonds is 7. The van der Waals surface area contributed by atoms with E-state index in [0.717, 1.165) is 23.7 Å². The summed E-state index contributed by atoms with van der Waals surface area (Å²) in [5.41, 5.74) is 1.50. The number of aromatic amines is 1. The van der Waals surface area contributed by atoms with E-state index in [2.05, 4.69) is 15.3 Å². The normalized spacial score (nSPS) is 14.7. The van der Waals surface area contributed by atoms with Crippen LogP contribution < -0.4 is 5.32 Å². The number of carbonyl (C=O) groups is 2. The topological polar surface area (TPSA) is 87.3 Å². The predicted molar refractivity (Wildman–Crippen MR) is 114 cm³/mol. The molecule has 2 amide bonds. The first-order valence-corrected chi connectivity index (χ1v) is 10.5. The van der Waals surface area contributed by atoms with Crippen molar-refractivity contribution in [3.63, 3.8) is 0 Å². The fourth-order valence-electron chi connectivity index (χ4n) is 3.74. The molecule has 8 heteroatoms.